The highest BCUT2D eigenvalue weighted by Gasteiger charge is 2.39. The molecule has 1 N–H and O–H groups in total. The van der Waals surface area contributed by atoms with E-state index in [1.807, 2.05) is 6.92 Å². The van der Waals surface area contributed by atoms with Crippen molar-refractivity contribution in [3.8, 4) is 0 Å². The summed E-state index contributed by atoms with van der Waals surface area (Å²) in [7, 11) is -3.65. The first kappa shape index (κ1) is 22.2. The van der Waals surface area contributed by atoms with E-state index in [1.54, 1.807) is 24.3 Å². The second kappa shape index (κ2) is 10.0. The molecule has 7 nitrogen and oxygen atoms in total. The van der Waals surface area contributed by atoms with Crippen LogP contribution in [0.3, 0.4) is 0 Å². The Labute approximate surface area is 175 Å². The van der Waals surface area contributed by atoms with Gasteiger partial charge in [-0.1, -0.05) is 24.6 Å². The van der Waals surface area contributed by atoms with Gasteiger partial charge >= 0.3 is 0 Å². The van der Waals surface area contributed by atoms with Crippen molar-refractivity contribution >= 4 is 15.9 Å². The van der Waals surface area contributed by atoms with Crippen LogP contribution in [0.25, 0.3) is 0 Å². The third-order valence-electron chi connectivity index (χ3n) is 6.00. The maximum atomic E-state index is 13.0. The third-order valence-corrected chi connectivity index (χ3v) is 7.92. The van der Waals surface area contributed by atoms with Crippen LogP contribution in [0, 0.1) is 6.92 Å². The number of carbonyl (C=O) groups is 1. The predicted octanol–water partition coefficient (Wildman–Crippen LogP) is 1.29. The monoisotopic (exact) mass is 422 g/mol. The second-order valence-corrected chi connectivity index (χ2v) is 9.90. The predicted molar refractivity (Wildman–Crippen MR) is 114 cm³/mol. The van der Waals surface area contributed by atoms with Gasteiger partial charge in [-0.2, -0.15) is 4.31 Å². The zero-order chi connectivity index (χ0) is 20.9. The summed E-state index contributed by atoms with van der Waals surface area (Å²) in [4.78, 5) is 17.8. The first-order valence-corrected chi connectivity index (χ1v) is 12.2. The van der Waals surface area contributed by atoms with E-state index in [2.05, 4.69) is 22.0 Å². The van der Waals surface area contributed by atoms with E-state index in [1.165, 1.54) is 4.31 Å². The molecule has 0 radical (unpaired) electrons. The Hall–Kier alpha value is -1.48. The summed E-state index contributed by atoms with van der Waals surface area (Å²) in [5.41, 5.74) is 1.01. The van der Waals surface area contributed by atoms with Gasteiger partial charge in [-0.15, -0.1) is 0 Å². The van der Waals surface area contributed by atoms with E-state index >= 15 is 0 Å². The molecule has 1 amide bonds. The molecule has 0 spiro atoms. The van der Waals surface area contributed by atoms with Crippen LogP contribution in [-0.2, 0) is 14.8 Å². The lowest BCUT2D eigenvalue weighted by atomic mass is 10.2. The lowest BCUT2D eigenvalue weighted by molar-refractivity contribution is -0.124. The Bertz CT molecular complexity index is 774. The van der Waals surface area contributed by atoms with Crippen molar-refractivity contribution in [2.45, 2.75) is 44.0 Å². The lowest BCUT2D eigenvalue weighted by Gasteiger charge is -2.34. The van der Waals surface area contributed by atoms with E-state index < -0.39 is 16.1 Å². The molecule has 0 unspecified atom stereocenters. The fourth-order valence-electron chi connectivity index (χ4n) is 4.10. The first-order valence-electron chi connectivity index (χ1n) is 10.7. The van der Waals surface area contributed by atoms with Gasteiger partial charge in [0.1, 0.15) is 6.04 Å². The zero-order valence-corrected chi connectivity index (χ0v) is 18.5. The summed E-state index contributed by atoms with van der Waals surface area (Å²) >= 11 is 0. The average Bonchev–Trinajstić information content (AvgIpc) is 3.23. The van der Waals surface area contributed by atoms with Gasteiger partial charge in [-0.3, -0.25) is 4.79 Å². The molecule has 8 heteroatoms. The van der Waals surface area contributed by atoms with E-state index in [0.717, 1.165) is 51.3 Å². The van der Waals surface area contributed by atoms with Crippen LogP contribution >= 0.6 is 0 Å². The highest BCUT2D eigenvalue weighted by molar-refractivity contribution is 7.89. The molecule has 2 heterocycles. The minimum absolute atomic E-state index is 0.172. The van der Waals surface area contributed by atoms with Gasteiger partial charge in [0.05, 0.1) is 4.90 Å². The van der Waals surface area contributed by atoms with Gasteiger partial charge in [0, 0.05) is 39.3 Å². The molecule has 1 atom stereocenters. The van der Waals surface area contributed by atoms with E-state index in [4.69, 9.17) is 0 Å². The highest BCUT2D eigenvalue weighted by atomic mass is 32.2. The Kier molecular flexibility index (Phi) is 7.67. The molecule has 2 aliphatic rings. The summed E-state index contributed by atoms with van der Waals surface area (Å²) < 4.78 is 27.3. The fraction of sp³-hybridized carbons (Fsp3) is 0.667. The number of nitrogens with zero attached hydrogens (tertiary/aromatic N) is 3. The van der Waals surface area contributed by atoms with Crippen LogP contribution in [0.15, 0.2) is 29.2 Å². The molecular weight excluding hydrogens is 388 g/mol. The standard InChI is InChI=1S/C21H34N4O3S/c1-3-23-14-16-24(17-15-23)12-5-11-22-21(26)20-6-4-13-25(20)29(27,28)19-9-7-18(2)8-10-19/h7-10,20H,3-6,11-17H2,1-2H3,(H,22,26)/t20-/m0/s1. The number of hydrogen-bond acceptors (Lipinski definition) is 5. The van der Waals surface area contributed by atoms with Crippen LogP contribution in [0.5, 0.6) is 0 Å². The molecular formula is C21H34N4O3S. The smallest absolute Gasteiger partial charge is 0.243 e. The molecule has 1 aromatic rings. The number of benzene rings is 1. The molecule has 2 fully saturated rings. The molecule has 1 aromatic carbocycles. The number of carbonyl (C=O) groups excluding carboxylic acids is 1. The van der Waals surface area contributed by atoms with Gasteiger partial charge in [0.2, 0.25) is 15.9 Å². The highest BCUT2D eigenvalue weighted by Crippen LogP contribution is 2.26. The van der Waals surface area contributed by atoms with Crippen LogP contribution in [-0.4, -0.2) is 86.8 Å². The Morgan fingerprint density at radius 1 is 1.07 bits per heavy atom. The summed E-state index contributed by atoms with van der Waals surface area (Å²) in [6.07, 6.45) is 2.18. The first-order chi connectivity index (χ1) is 13.9. The maximum absolute atomic E-state index is 13.0. The minimum atomic E-state index is -3.65. The van der Waals surface area contributed by atoms with Gasteiger partial charge < -0.3 is 15.1 Å². The number of hydrogen-bond donors (Lipinski definition) is 1. The van der Waals surface area contributed by atoms with Crippen molar-refractivity contribution in [1.82, 2.24) is 19.4 Å². The molecule has 162 valence electrons. The number of nitrogens with one attached hydrogen (secondary N) is 1. The number of sulfonamides is 1. The summed E-state index contributed by atoms with van der Waals surface area (Å²) in [6, 6.07) is 6.22. The summed E-state index contributed by atoms with van der Waals surface area (Å²) in [5.74, 6) is -0.172. The van der Waals surface area contributed by atoms with Crippen molar-refractivity contribution in [2.24, 2.45) is 0 Å². The maximum Gasteiger partial charge on any atom is 0.243 e. The second-order valence-electron chi connectivity index (χ2n) is 8.01. The molecule has 0 aromatic heterocycles. The van der Waals surface area contributed by atoms with Crippen molar-refractivity contribution in [3.63, 3.8) is 0 Å². The van der Waals surface area contributed by atoms with Crippen LogP contribution in [0.1, 0.15) is 31.7 Å². The van der Waals surface area contributed by atoms with Crippen molar-refractivity contribution in [2.75, 3.05) is 52.4 Å². The van der Waals surface area contributed by atoms with Gasteiger partial charge in [-0.05, 0) is 51.4 Å². The molecule has 2 saturated heterocycles. The lowest BCUT2D eigenvalue weighted by Crippen LogP contribution is -2.48. The Balaban J connectivity index is 1.48. The minimum Gasteiger partial charge on any atom is -0.355 e. The summed E-state index contributed by atoms with van der Waals surface area (Å²) in [6.45, 7) is 11.5. The molecule has 0 saturated carbocycles. The quantitative estimate of drug-likeness (QED) is 0.639. The van der Waals surface area contributed by atoms with E-state index in [-0.39, 0.29) is 10.8 Å². The molecule has 29 heavy (non-hydrogen) atoms. The topological polar surface area (TPSA) is 73.0 Å². The molecule has 3 rings (SSSR count). The number of rotatable bonds is 8. The van der Waals surface area contributed by atoms with Crippen molar-refractivity contribution in [3.05, 3.63) is 29.8 Å². The Morgan fingerprint density at radius 3 is 2.38 bits per heavy atom. The van der Waals surface area contributed by atoms with Crippen molar-refractivity contribution in [1.29, 1.82) is 0 Å². The SMILES string of the molecule is CCN1CCN(CCCNC(=O)[C@@H]2CCCN2S(=O)(=O)c2ccc(C)cc2)CC1. The average molecular weight is 423 g/mol. The number of piperazine rings is 1. The number of aryl methyl sites for hydroxylation is 1. The molecule has 0 aliphatic carbocycles. The molecule has 0 bridgehead atoms. The third kappa shape index (κ3) is 5.57. The van der Waals surface area contributed by atoms with Crippen molar-refractivity contribution < 1.29 is 13.2 Å². The molecule has 2 aliphatic heterocycles. The number of likely N-dealkylation sites (N-methyl/N-ethyl adjacent to an activating group) is 1. The fourth-order valence-corrected chi connectivity index (χ4v) is 5.75. The van der Waals surface area contributed by atoms with Crippen LogP contribution in [0.2, 0.25) is 0 Å². The number of amides is 1. The van der Waals surface area contributed by atoms with Crippen LogP contribution in [0.4, 0.5) is 0 Å². The largest absolute Gasteiger partial charge is 0.355 e. The summed E-state index contributed by atoms with van der Waals surface area (Å²) in [5, 5.41) is 2.96. The normalized spacial score (nSPS) is 22.1. The zero-order valence-electron chi connectivity index (χ0n) is 17.6. The van der Waals surface area contributed by atoms with Gasteiger partial charge in [0.25, 0.3) is 0 Å². The van der Waals surface area contributed by atoms with Crippen LogP contribution < -0.4 is 5.32 Å². The van der Waals surface area contributed by atoms with E-state index in [9.17, 15) is 13.2 Å². The van der Waals surface area contributed by atoms with Gasteiger partial charge in [0.15, 0.2) is 0 Å². The Morgan fingerprint density at radius 2 is 1.72 bits per heavy atom. The van der Waals surface area contributed by atoms with E-state index in [0.29, 0.717) is 25.9 Å². The van der Waals surface area contributed by atoms with Gasteiger partial charge in [-0.25, -0.2) is 8.42 Å².